The fourth-order valence-electron chi connectivity index (χ4n) is 3.26. The number of imidazole rings is 1. The smallest absolute Gasteiger partial charge is 0.428 e. The molecule has 8 nitrogen and oxygen atoms in total. The molecule has 0 aliphatic rings. The van der Waals surface area contributed by atoms with Gasteiger partial charge in [-0.1, -0.05) is 20.8 Å². The largest absolute Gasteiger partial charge is 0.514 e. The van der Waals surface area contributed by atoms with Gasteiger partial charge in [-0.05, 0) is 42.8 Å². The fraction of sp³-hybridized carbons (Fsp3) is 0.333. The quantitative estimate of drug-likeness (QED) is 0.171. The average Bonchev–Trinajstić information content (AvgIpc) is 3.20. The van der Waals surface area contributed by atoms with E-state index in [0.29, 0.717) is 16.8 Å². The molecule has 0 aliphatic carbocycles. The van der Waals surface area contributed by atoms with E-state index in [1.165, 1.54) is 30.6 Å². The van der Waals surface area contributed by atoms with Crippen molar-refractivity contribution in [3.05, 3.63) is 76.2 Å². The number of aryl methyl sites for hydroxylation is 1. The molecule has 0 N–H and O–H groups in total. The van der Waals surface area contributed by atoms with Crippen LogP contribution < -0.4 is 4.74 Å². The summed E-state index contributed by atoms with van der Waals surface area (Å²) in [7, 11) is 0. The molecule has 3 rings (SSSR count). The first-order valence-corrected chi connectivity index (χ1v) is 10.6. The molecule has 0 fully saturated rings. The number of hydrogen-bond acceptors (Lipinski definition) is 6. The maximum Gasteiger partial charge on any atom is 0.514 e. The Morgan fingerprint density at radius 2 is 1.80 bits per heavy atom. The van der Waals surface area contributed by atoms with E-state index < -0.39 is 34.3 Å². The molecular weight excluding hydrogens is 467 g/mol. The number of carbonyl (C=O) groups is 1. The second-order valence-electron chi connectivity index (χ2n) is 9.12. The molecule has 1 atom stereocenters. The first-order valence-electron chi connectivity index (χ1n) is 10.6. The van der Waals surface area contributed by atoms with E-state index in [1.54, 1.807) is 23.8 Å². The highest BCUT2D eigenvalue weighted by Gasteiger charge is 2.32. The van der Waals surface area contributed by atoms with E-state index in [0.717, 1.165) is 12.1 Å². The Labute approximate surface area is 199 Å². The number of nitrogens with zero attached hydrogens (tertiary/aromatic N) is 3. The van der Waals surface area contributed by atoms with Gasteiger partial charge in [-0.15, -0.1) is 0 Å². The molecule has 0 radical (unpaired) electrons. The van der Waals surface area contributed by atoms with Crippen LogP contribution in [0.2, 0.25) is 0 Å². The van der Waals surface area contributed by atoms with Crippen molar-refractivity contribution in [2.75, 3.05) is 0 Å². The summed E-state index contributed by atoms with van der Waals surface area (Å²) in [4.78, 5) is 26.8. The van der Waals surface area contributed by atoms with E-state index in [2.05, 4.69) is 4.98 Å². The van der Waals surface area contributed by atoms with Gasteiger partial charge < -0.3 is 14.0 Å². The molecule has 0 unspecified atom stereocenters. The average molecular weight is 491 g/mol. The van der Waals surface area contributed by atoms with Crippen LogP contribution >= 0.6 is 0 Å². The predicted octanol–water partition coefficient (Wildman–Crippen LogP) is 6.42. The lowest BCUT2D eigenvalue weighted by Gasteiger charge is -2.30. The number of nitro benzene ring substituents is 1. The van der Waals surface area contributed by atoms with Crippen LogP contribution in [0.3, 0.4) is 0 Å². The molecule has 35 heavy (non-hydrogen) atoms. The number of aromatic nitrogens is 2. The summed E-state index contributed by atoms with van der Waals surface area (Å²) in [6, 6.07) is 8.69. The van der Waals surface area contributed by atoms with Gasteiger partial charge in [-0.3, -0.25) is 10.1 Å². The Morgan fingerprint density at radius 3 is 2.37 bits per heavy atom. The maximum absolute atomic E-state index is 13.2. The number of hydrogen-bond donors (Lipinski definition) is 0. The monoisotopic (exact) mass is 491 g/mol. The number of ether oxygens (including phenoxy) is 2. The van der Waals surface area contributed by atoms with Gasteiger partial charge in [0, 0.05) is 29.3 Å². The molecule has 186 valence electrons. The number of alkyl halides is 3. The third-order valence-electron chi connectivity index (χ3n) is 5.16. The number of carbonyl (C=O) groups excluding carboxylic acids is 1. The van der Waals surface area contributed by atoms with Gasteiger partial charge in [-0.25, -0.2) is 9.78 Å². The van der Waals surface area contributed by atoms with Crippen molar-refractivity contribution < 1.29 is 32.4 Å². The molecule has 0 saturated carbocycles. The predicted molar refractivity (Wildman–Crippen MR) is 121 cm³/mol. The number of nitro groups is 1. The van der Waals surface area contributed by atoms with Gasteiger partial charge in [0.2, 0.25) is 0 Å². The van der Waals surface area contributed by atoms with Crippen LogP contribution in [0.1, 0.15) is 31.9 Å². The lowest BCUT2D eigenvalue weighted by molar-refractivity contribution is -0.384. The van der Waals surface area contributed by atoms with E-state index >= 15 is 0 Å². The molecule has 0 aliphatic heterocycles. The van der Waals surface area contributed by atoms with Crippen molar-refractivity contribution in [3.8, 4) is 17.0 Å². The third kappa shape index (κ3) is 6.81. The van der Waals surface area contributed by atoms with Crippen molar-refractivity contribution in [3.63, 3.8) is 0 Å². The lowest BCUT2D eigenvalue weighted by atomic mass is 9.89. The first kappa shape index (κ1) is 25.7. The van der Waals surface area contributed by atoms with Crippen molar-refractivity contribution in [1.82, 2.24) is 9.55 Å². The summed E-state index contributed by atoms with van der Waals surface area (Å²) < 4.78 is 51.8. The Hall–Kier alpha value is -3.89. The SMILES string of the molecule is Cc1cc(-c2cn(C[C@@H](OC(=O)Oc3ccc([N+](=O)[O-])cc3)C(C)(C)C)cn2)cc(C(F)(F)F)c1. The minimum absolute atomic E-state index is 0.0816. The van der Waals surface area contributed by atoms with Gasteiger partial charge >= 0.3 is 12.3 Å². The summed E-state index contributed by atoms with van der Waals surface area (Å²) in [6.07, 6.45) is -3.11. The van der Waals surface area contributed by atoms with Gasteiger partial charge in [0.1, 0.15) is 11.9 Å². The molecule has 0 bridgehead atoms. The van der Waals surface area contributed by atoms with Gasteiger partial charge in [-0.2, -0.15) is 13.2 Å². The van der Waals surface area contributed by atoms with Crippen LogP contribution in [-0.4, -0.2) is 26.7 Å². The summed E-state index contributed by atoms with van der Waals surface area (Å²) in [5.41, 5.74) is -0.306. The number of non-ortho nitro benzene ring substituents is 1. The van der Waals surface area contributed by atoms with Crippen LogP contribution in [0.5, 0.6) is 5.75 Å². The maximum atomic E-state index is 13.2. The molecule has 0 amide bonds. The highest BCUT2D eigenvalue weighted by molar-refractivity contribution is 5.64. The minimum Gasteiger partial charge on any atom is -0.428 e. The van der Waals surface area contributed by atoms with Crippen molar-refractivity contribution in [2.24, 2.45) is 5.41 Å². The van der Waals surface area contributed by atoms with Crippen LogP contribution in [0.25, 0.3) is 11.3 Å². The first-order chi connectivity index (χ1) is 16.2. The topological polar surface area (TPSA) is 96.5 Å². The van der Waals surface area contributed by atoms with Crippen LogP contribution in [0.15, 0.2) is 55.0 Å². The summed E-state index contributed by atoms with van der Waals surface area (Å²) >= 11 is 0. The number of halogens is 3. The van der Waals surface area contributed by atoms with E-state index in [-0.39, 0.29) is 18.0 Å². The third-order valence-corrected chi connectivity index (χ3v) is 5.16. The molecule has 3 aromatic rings. The van der Waals surface area contributed by atoms with Crippen molar-refractivity contribution in [1.29, 1.82) is 0 Å². The van der Waals surface area contributed by atoms with Crippen LogP contribution in [-0.2, 0) is 17.5 Å². The second-order valence-corrected chi connectivity index (χ2v) is 9.12. The Morgan fingerprint density at radius 1 is 1.14 bits per heavy atom. The van der Waals surface area contributed by atoms with Gasteiger partial charge in [0.25, 0.3) is 5.69 Å². The Balaban J connectivity index is 1.74. The van der Waals surface area contributed by atoms with E-state index in [4.69, 9.17) is 9.47 Å². The Kier molecular flexibility index (Phi) is 7.18. The molecule has 2 aromatic carbocycles. The highest BCUT2D eigenvalue weighted by atomic mass is 19.4. The second kappa shape index (κ2) is 9.77. The summed E-state index contributed by atoms with van der Waals surface area (Å²) in [6.45, 7) is 7.31. The molecule has 0 spiro atoms. The van der Waals surface area contributed by atoms with E-state index in [9.17, 15) is 28.1 Å². The summed E-state index contributed by atoms with van der Waals surface area (Å²) in [5.74, 6) is 0.0816. The summed E-state index contributed by atoms with van der Waals surface area (Å²) in [5, 5.41) is 10.7. The molecule has 11 heteroatoms. The number of benzene rings is 2. The zero-order chi connectivity index (χ0) is 26.0. The minimum atomic E-state index is -4.47. The molecular formula is C24H24F3N3O5. The van der Waals surface area contributed by atoms with Crippen LogP contribution in [0, 0.1) is 22.5 Å². The number of rotatable bonds is 6. The molecule has 0 saturated heterocycles. The van der Waals surface area contributed by atoms with Crippen molar-refractivity contribution >= 4 is 11.8 Å². The zero-order valence-electron chi connectivity index (χ0n) is 19.5. The highest BCUT2D eigenvalue weighted by Crippen LogP contribution is 2.33. The van der Waals surface area contributed by atoms with Gasteiger partial charge in [0.15, 0.2) is 0 Å². The molecule has 1 heterocycles. The standard InChI is InChI=1S/C24H24F3N3O5/c1-15-9-16(11-17(10-15)24(25,26)27)20-12-29(14-28-20)13-21(23(2,3)4)35-22(31)34-19-7-5-18(6-8-19)30(32)33/h5-12,14,21H,13H2,1-4H3/t21-/m1/s1. The van der Waals surface area contributed by atoms with E-state index in [1.807, 2.05) is 20.8 Å². The van der Waals surface area contributed by atoms with Gasteiger partial charge in [0.05, 0.1) is 29.1 Å². The molecule has 1 aromatic heterocycles. The van der Waals surface area contributed by atoms with Crippen LogP contribution in [0.4, 0.5) is 23.7 Å². The fourth-order valence-corrected chi connectivity index (χ4v) is 3.26. The van der Waals surface area contributed by atoms with Crippen molar-refractivity contribution in [2.45, 2.75) is 46.5 Å². The lowest BCUT2D eigenvalue weighted by Crippen LogP contribution is -2.36. The normalized spacial score (nSPS) is 12.8. The Bertz CT molecular complexity index is 1210. The zero-order valence-corrected chi connectivity index (χ0v) is 19.5.